The van der Waals surface area contributed by atoms with Crippen molar-refractivity contribution in [3.8, 4) is 5.69 Å². The summed E-state index contributed by atoms with van der Waals surface area (Å²) in [4.78, 5) is 27.2. The Bertz CT molecular complexity index is 1510. The van der Waals surface area contributed by atoms with Gasteiger partial charge in [0.15, 0.2) is 0 Å². The quantitative estimate of drug-likeness (QED) is 0.341. The molecular weight excluding hydrogens is 584 g/mol. The monoisotopic (exact) mass is 626 g/mol. The summed E-state index contributed by atoms with van der Waals surface area (Å²) in [6.45, 7) is 9.21. The average Bonchev–Trinajstić information content (AvgIpc) is 3.22. The van der Waals surface area contributed by atoms with Crippen LogP contribution in [-0.2, 0) is 14.8 Å². The lowest BCUT2D eigenvalue weighted by Crippen LogP contribution is -2.49. The zero-order chi connectivity index (χ0) is 31.1. The number of nitrogens with zero attached hydrogens (tertiary/aromatic N) is 8. The van der Waals surface area contributed by atoms with Gasteiger partial charge in [0.1, 0.15) is 5.82 Å². The average molecular weight is 627 g/mol. The molecule has 2 saturated heterocycles. The Kier molecular flexibility index (Phi) is 10.0. The Balaban J connectivity index is 1.19. The van der Waals surface area contributed by atoms with E-state index in [9.17, 15) is 13.2 Å². The van der Waals surface area contributed by atoms with Crippen LogP contribution in [0.15, 0.2) is 42.6 Å². The van der Waals surface area contributed by atoms with Crippen LogP contribution in [0.3, 0.4) is 0 Å². The predicted molar refractivity (Wildman–Crippen MR) is 171 cm³/mol. The van der Waals surface area contributed by atoms with E-state index in [0.29, 0.717) is 63.9 Å². The zero-order valence-electron chi connectivity index (χ0n) is 25.4. The molecule has 1 amide bonds. The largest absolute Gasteiger partial charge is 0.449 e. The molecule has 15 heteroatoms. The summed E-state index contributed by atoms with van der Waals surface area (Å²) in [7, 11) is -3.24. The van der Waals surface area contributed by atoms with E-state index >= 15 is 0 Å². The minimum Gasteiger partial charge on any atom is -0.449 e. The van der Waals surface area contributed by atoms with Crippen molar-refractivity contribution in [2.75, 3.05) is 85.6 Å². The maximum atomic E-state index is 12.6. The first-order chi connectivity index (χ1) is 21.3. The standard InChI is InChI=1S/C29H42N10O4S/c1-3-20-43-29(40)37-16-14-35(15-17-37)24-8-6-23(7-9-24)32-28-33-27(30)39(34-28)25-10-11-31-26(22-25)36-12-5-13-38(19-18-36)44(41,42)21-4-2/h6-11,22H,3-5,12-21H2,1-2H3,(H3,30,32,33,34). The molecule has 2 fully saturated rings. The van der Waals surface area contributed by atoms with Gasteiger partial charge in [0.05, 0.1) is 18.0 Å². The van der Waals surface area contributed by atoms with Gasteiger partial charge < -0.3 is 30.5 Å². The van der Waals surface area contributed by atoms with Gasteiger partial charge in [0.25, 0.3) is 0 Å². The van der Waals surface area contributed by atoms with Crippen molar-refractivity contribution in [1.82, 2.24) is 29.0 Å². The molecule has 2 aromatic heterocycles. The topological polar surface area (TPSA) is 155 Å². The van der Waals surface area contributed by atoms with Crippen LogP contribution in [-0.4, -0.2) is 108 Å². The number of nitrogens with one attached hydrogen (secondary N) is 1. The SMILES string of the molecule is CCCOC(=O)N1CCN(c2ccc(Nc3nc(N)n(-c4ccnc(N5CCCN(S(=O)(=O)CCC)CC5)c4)n3)cc2)CC1. The fourth-order valence-electron chi connectivity index (χ4n) is 5.38. The van der Waals surface area contributed by atoms with Crippen molar-refractivity contribution in [2.45, 2.75) is 33.1 Å². The number of benzene rings is 1. The van der Waals surface area contributed by atoms with Crippen LogP contribution >= 0.6 is 0 Å². The number of anilines is 5. The van der Waals surface area contributed by atoms with Gasteiger partial charge in [-0.2, -0.15) is 9.67 Å². The number of aromatic nitrogens is 4. The van der Waals surface area contributed by atoms with Gasteiger partial charge in [-0.05, 0) is 49.6 Å². The lowest BCUT2D eigenvalue weighted by Gasteiger charge is -2.35. The number of hydrogen-bond donors (Lipinski definition) is 2. The van der Waals surface area contributed by atoms with E-state index in [1.807, 2.05) is 50.2 Å². The van der Waals surface area contributed by atoms with E-state index in [1.165, 1.54) is 0 Å². The fraction of sp³-hybridized carbons (Fsp3) is 0.517. The highest BCUT2D eigenvalue weighted by atomic mass is 32.2. The van der Waals surface area contributed by atoms with E-state index in [4.69, 9.17) is 10.5 Å². The lowest BCUT2D eigenvalue weighted by molar-refractivity contribution is 0.100. The van der Waals surface area contributed by atoms with Crippen molar-refractivity contribution in [3.63, 3.8) is 0 Å². The fourth-order valence-corrected chi connectivity index (χ4v) is 6.92. The summed E-state index contributed by atoms with van der Waals surface area (Å²) in [5, 5.41) is 7.80. The van der Waals surface area contributed by atoms with Gasteiger partial charge in [0, 0.05) is 76.0 Å². The van der Waals surface area contributed by atoms with Crippen molar-refractivity contribution < 1.29 is 17.9 Å². The number of ether oxygens (including phenoxy) is 1. The minimum atomic E-state index is -3.24. The third kappa shape index (κ3) is 7.50. The Labute approximate surface area is 258 Å². The van der Waals surface area contributed by atoms with Crippen LogP contribution in [0, 0.1) is 0 Å². The van der Waals surface area contributed by atoms with E-state index in [-0.39, 0.29) is 17.8 Å². The number of amides is 1. The zero-order valence-corrected chi connectivity index (χ0v) is 26.2. The molecule has 14 nitrogen and oxygen atoms in total. The van der Waals surface area contributed by atoms with E-state index in [1.54, 1.807) is 20.1 Å². The first-order valence-electron chi connectivity index (χ1n) is 15.2. The van der Waals surface area contributed by atoms with Crippen molar-refractivity contribution in [3.05, 3.63) is 42.6 Å². The molecule has 3 aromatic rings. The molecule has 238 valence electrons. The normalized spacial score (nSPS) is 16.5. The highest BCUT2D eigenvalue weighted by Crippen LogP contribution is 2.24. The van der Waals surface area contributed by atoms with Crippen LogP contribution in [0.2, 0.25) is 0 Å². The molecule has 4 heterocycles. The predicted octanol–water partition coefficient (Wildman–Crippen LogP) is 2.91. The lowest BCUT2D eigenvalue weighted by atomic mass is 10.2. The van der Waals surface area contributed by atoms with Gasteiger partial charge in [-0.15, -0.1) is 5.10 Å². The van der Waals surface area contributed by atoms with Crippen LogP contribution in [0.25, 0.3) is 5.69 Å². The maximum absolute atomic E-state index is 12.6. The molecular formula is C29H42N10O4S. The molecule has 2 aliphatic heterocycles. The van der Waals surface area contributed by atoms with Crippen LogP contribution in [0.5, 0.6) is 0 Å². The molecule has 0 unspecified atom stereocenters. The second-order valence-corrected chi connectivity index (χ2v) is 13.0. The van der Waals surface area contributed by atoms with Crippen molar-refractivity contribution in [1.29, 1.82) is 0 Å². The van der Waals surface area contributed by atoms with Gasteiger partial charge in [-0.25, -0.2) is 22.5 Å². The maximum Gasteiger partial charge on any atom is 0.409 e. The Morgan fingerprint density at radius 3 is 2.41 bits per heavy atom. The number of rotatable bonds is 10. The number of carbonyl (C=O) groups excluding carboxylic acids is 1. The van der Waals surface area contributed by atoms with Crippen molar-refractivity contribution in [2.24, 2.45) is 0 Å². The number of pyridine rings is 1. The first-order valence-corrected chi connectivity index (χ1v) is 16.8. The van der Waals surface area contributed by atoms with Gasteiger partial charge in [-0.3, -0.25) is 0 Å². The summed E-state index contributed by atoms with van der Waals surface area (Å²) >= 11 is 0. The molecule has 0 saturated carbocycles. The second-order valence-electron chi connectivity index (χ2n) is 10.9. The number of carbonyl (C=O) groups is 1. The van der Waals surface area contributed by atoms with Crippen LogP contribution < -0.4 is 20.9 Å². The summed E-state index contributed by atoms with van der Waals surface area (Å²) in [5.41, 5.74) is 8.85. The first kappa shape index (κ1) is 31.3. The molecule has 3 N–H and O–H groups in total. The molecule has 5 rings (SSSR count). The highest BCUT2D eigenvalue weighted by Gasteiger charge is 2.25. The molecule has 0 atom stereocenters. The molecule has 0 spiro atoms. The summed E-state index contributed by atoms with van der Waals surface area (Å²) in [5.74, 6) is 1.49. The van der Waals surface area contributed by atoms with Crippen LogP contribution in [0.1, 0.15) is 33.1 Å². The third-order valence-electron chi connectivity index (χ3n) is 7.70. The summed E-state index contributed by atoms with van der Waals surface area (Å²) in [6.07, 6.45) is 3.59. The minimum absolute atomic E-state index is 0.169. The molecule has 0 bridgehead atoms. The number of piperazine rings is 1. The smallest absolute Gasteiger partial charge is 0.409 e. The van der Waals surface area contributed by atoms with Gasteiger partial charge in [-0.1, -0.05) is 13.8 Å². The third-order valence-corrected chi connectivity index (χ3v) is 9.77. The molecule has 2 aliphatic rings. The van der Waals surface area contributed by atoms with Gasteiger partial charge in [0.2, 0.25) is 21.9 Å². The van der Waals surface area contributed by atoms with E-state index in [2.05, 4.69) is 30.2 Å². The Morgan fingerprint density at radius 2 is 1.68 bits per heavy atom. The second kappa shape index (κ2) is 14.1. The molecule has 0 radical (unpaired) electrons. The Morgan fingerprint density at radius 1 is 0.932 bits per heavy atom. The molecule has 44 heavy (non-hydrogen) atoms. The number of nitrogen functional groups attached to an aromatic ring is 1. The number of nitrogens with two attached hydrogens (primary N) is 1. The Hall–Kier alpha value is -4.11. The van der Waals surface area contributed by atoms with Gasteiger partial charge >= 0.3 is 6.09 Å². The number of hydrogen-bond acceptors (Lipinski definition) is 11. The number of sulfonamides is 1. The molecule has 1 aromatic carbocycles. The van der Waals surface area contributed by atoms with Crippen LogP contribution in [0.4, 0.5) is 33.9 Å². The highest BCUT2D eigenvalue weighted by molar-refractivity contribution is 7.89. The van der Waals surface area contributed by atoms with Crippen molar-refractivity contribution >= 4 is 45.2 Å². The summed E-state index contributed by atoms with van der Waals surface area (Å²) in [6, 6.07) is 11.7. The summed E-state index contributed by atoms with van der Waals surface area (Å²) < 4.78 is 33.6. The van der Waals surface area contributed by atoms with E-state index < -0.39 is 10.0 Å². The van der Waals surface area contributed by atoms with E-state index in [0.717, 1.165) is 43.1 Å². The molecule has 0 aliphatic carbocycles.